The summed E-state index contributed by atoms with van der Waals surface area (Å²) in [5, 5.41) is 0. The number of hydrogen-bond acceptors (Lipinski definition) is 1. The van der Waals surface area contributed by atoms with Crippen molar-refractivity contribution in [1.29, 1.82) is 0 Å². The van der Waals surface area contributed by atoms with E-state index in [9.17, 15) is 4.79 Å². The minimum atomic E-state index is -0.122. The van der Waals surface area contributed by atoms with Gasteiger partial charge in [-0.15, -0.1) is 0 Å². The van der Waals surface area contributed by atoms with Crippen molar-refractivity contribution >= 4 is 17.7 Å². The van der Waals surface area contributed by atoms with Crippen molar-refractivity contribution < 1.29 is 4.79 Å². The molecule has 9 heavy (non-hydrogen) atoms. The fourth-order valence-electron chi connectivity index (χ4n) is 0.811. The Bertz CT molecular complexity index is 155. The highest BCUT2D eigenvalue weighted by atomic mass is 35.5. The van der Waals surface area contributed by atoms with E-state index in [0.29, 0.717) is 12.1 Å². The SMILES string of the molecule is C=C1CCCN(Cl)C1=O. The van der Waals surface area contributed by atoms with Gasteiger partial charge in [-0.1, -0.05) is 6.58 Å². The molecule has 50 valence electrons. The Morgan fingerprint density at radius 2 is 2.33 bits per heavy atom. The lowest BCUT2D eigenvalue weighted by atomic mass is 10.1. The van der Waals surface area contributed by atoms with E-state index in [4.69, 9.17) is 11.8 Å². The molecule has 0 saturated carbocycles. The van der Waals surface area contributed by atoms with Crippen molar-refractivity contribution in [2.24, 2.45) is 0 Å². The van der Waals surface area contributed by atoms with Crippen LogP contribution in [0.15, 0.2) is 12.2 Å². The zero-order chi connectivity index (χ0) is 6.85. The second kappa shape index (κ2) is 2.40. The topological polar surface area (TPSA) is 20.3 Å². The van der Waals surface area contributed by atoms with Gasteiger partial charge in [-0.25, -0.2) is 0 Å². The quantitative estimate of drug-likeness (QED) is 0.372. The summed E-state index contributed by atoms with van der Waals surface area (Å²) in [7, 11) is 0. The van der Waals surface area contributed by atoms with E-state index in [0.717, 1.165) is 12.8 Å². The van der Waals surface area contributed by atoms with Crippen molar-refractivity contribution in [1.82, 2.24) is 4.42 Å². The first-order valence-electron chi connectivity index (χ1n) is 2.87. The predicted molar refractivity (Wildman–Crippen MR) is 35.9 cm³/mol. The highest BCUT2D eigenvalue weighted by molar-refractivity contribution is 6.24. The van der Waals surface area contributed by atoms with Gasteiger partial charge >= 0.3 is 0 Å². The maximum absolute atomic E-state index is 10.8. The zero-order valence-electron chi connectivity index (χ0n) is 5.06. The van der Waals surface area contributed by atoms with Gasteiger partial charge in [0.2, 0.25) is 0 Å². The fourth-order valence-corrected chi connectivity index (χ4v) is 1.05. The number of carbonyl (C=O) groups is 1. The molecular weight excluding hydrogens is 138 g/mol. The van der Waals surface area contributed by atoms with E-state index in [1.165, 1.54) is 4.42 Å². The van der Waals surface area contributed by atoms with Crippen LogP contribution in [0, 0.1) is 0 Å². The van der Waals surface area contributed by atoms with Crippen LogP contribution in [0.4, 0.5) is 0 Å². The average Bonchev–Trinajstić information content (AvgIpc) is 1.83. The van der Waals surface area contributed by atoms with Gasteiger partial charge in [0.25, 0.3) is 5.91 Å². The molecular formula is C6H8ClNO. The molecule has 1 aliphatic heterocycles. The number of rotatable bonds is 0. The molecule has 0 spiro atoms. The summed E-state index contributed by atoms with van der Waals surface area (Å²) in [6.45, 7) is 4.22. The Morgan fingerprint density at radius 3 is 2.78 bits per heavy atom. The third-order valence-electron chi connectivity index (χ3n) is 1.36. The molecule has 0 aromatic carbocycles. The van der Waals surface area contributed by atoms with E-state index in [1.54, 1.807) is 0 Å². The Kier molecular flexibility index (Phi) is 1.76. The number of piperidine rings is 1. The lowest BCUT2D eigenvalue weighted by Crippen LogP contribution is -2.28. The van der Waals surface area contributed by atoms with Crippen molar-refractivity contribution in [2.45, 2.75) is 12.8 Å². The lowest BCUT2D eigenvalue weighted by molar-refractivity contribution is -0.123. The Morgan fingerprint density at radius 1 is 1.67 bits per heavy atom. The lowest BCUT2D eigenvalue weighted by Gasteiger charge is -2.19. The van der Waals surface area contributed by atoms with Crippen molar-refractivity contribution in [2.75, 3.05) is 6.54 Å². The number of nitrogens with zero attached hydrogens (tertiary/aromatic N) is 1. The number of hydrogen-bond donors (Lipinski definition) is 0. The van der Waals surface area contributed by atoms with Crippen LogP contribution in [0.3, 0.4) is 0 Å². The molecule has 0 unspecified atom stereocenters. The van der Waals surface area contributed by atoms with Crippen LogP contribution in [-0.2, 0) is 4.79 Å². The molecule has 1 amide bonds. The van der Waals surface area contributed by atoms with Gasteiger partial charge in [0.15, 0.2) is 0 Å². The second-order valence-electron chi connectivity index (χ2n) is 2.10. The summed E-state index contributed by atoms with van der Waals surface area (Å²) >= 11 is 5.48. The van der Waals surface area contributed by atoms with Gasteiger partial charge in [-0.3, -0.25) is 9.21 Å². The predicted octanol–water partition coefficient (Wildman–Crippen LogP) is 1.32. The first-order chi connectivity index (χ1) is 4.22. The molecule has 0 bridgehead atoms. The van der Waals surface area contributed by atoms with Crippen LogP contribution in [-0.4, -0.2) is 16.9 Å². The van der Waals surface area contributed by atoms with E-state index in [1.807, 2.05) is 0 Å². The van der Waals surface area contributed by atoms with Crippen molar-refractivity contribution in [3.05, 3.63) is 12.2 Å². The van der Waals surface area contributed by atoms with Gasteiger partial charge in [0.1, 0.15) is 0 Å². The van der Waals surface area contributed by atoms with Crippen molar-refractivity contribution in [3.63, 3.8) is 0 Å². The highest BCUT2D eigenvalue weighted by Gasteiger charge is 2.18. The normalized spacial score (nSPS) is 20.8. The third-order valence-corrected chi connectivity index (χ3v) is 1.68. The van der Waals surface area contributed by atoms with Crippen LogP contribution >= 0.6 is 11.8 Å². The number of carbonyl (C=O) groups excluding carboxylic acids is 1. The zero-order valence-corrected chi connectivity index (χ0v) is 5.82. The minimum Gasteiger partial charge on any atom is -0.268 e. The summed E-state index contributed by atoms with van der Waals surface area (Å²) in [4.78, 5) is 10.8. The molecule has 1 aliphatic rings. The van der Waals surface area contributed by atoms with Crippen LogP contribution in [0.2, 0.25) is 0 Å². The van der Waals surface area contributed by atoms with Crippen LogP contribution < -0.4 is 0 Å². The molecule has 0 aliphatic carbocycles. The van der Waals surface area contributed by atoms with E-state index >= 15 is 0 Å². The first-order valence-corrected chi connectivity index (χ1v) is 3.21. The molecule has 2 nitrogen and oxygen atoms in total. The molecule has 1 rings (SSSR count). The van der Waals surface area contributed by atoms with Gasteiger partial charge in [0, 0.05) is 23.9 Å². The van der Waals surface area contributed by atoms with Crippen molar-refractivity contribution in [3.8, 4) is 0 Å². The molecule has 0 aromatic rings. The monoisotopic (exact) mass is 145 g/mol. The Hall–Kier alpha value is -0.500. The fraction of sp³-hybridized carbons (Fsp3) is 0.500. The standard InChI is InChI=1S/C6H8ClNO/c1-5-3-2-4-8(7)6(5)9/h1-4H2. The van der Waals surface area contributed by atoms with Gasteiger partial charge in [-0.05, 0) is 12.8 Å². The van der Waals surface area contributed by atoms with Crippen LogP contribution in [0.25, 0.3) is 0 Å². The maximum Gasteiger partial charge on any atom is 0.263 e. The minimum absolute atomic E-state index is 0.122. The molecule has 1 saturated heterocycles. The van der Waals surface area contributed by atoms with Gasteiger partial charge in [0.05, 0.1) is 0 Å². The Balaban J connectivity index is 2.62. The van der Waals surface area contributed by atoms with Crippen LogP contribution in [0.1, 0.15) is 12.8 Å². The molecule has 1 heterocycles. The van der Waals surface area contributed by atoms with E-state index in [-0.39, 0.29) is 5.91 Å². The molecule has 0 N–H and O–H groups in total. The summed E-state index contributed by atoms with van der Waals surface area (Å²) in [5.74, 6) is -0.122. The second-order valence-corrected chi connectivity index (χ2v) is 2.51. The molecule has 1 fully saturated rings. The summed E-state index contributed by atoms with van der Waals surface area (Å²) in [5.41, 5.74) is 0.622. The first kappa shape index (κ1) is 6.62. The Labute approximate surface area is 59.2 Å². The molecule has 0 atom stereocenters. The number of halogens is 1. The summed E-state index contributed by atoms with van der Waals surface area (Å²) in [6.07, 6.45) is 1.73. The largest absolute Gasteiger partial charge is 0.268 e. The number of amides is 1. The average molecular weight is 146 g/mol. The third kappa shape index (κ3) is 1.24. The van der Waals surface area contributed by atoms with E-state index < -0.39 is 0 Å². The van der Waals surface area contributed by atoms with Gasteiger partial charge < -0.3 is 0 Å². The molecule has 3 heteroatoms. The molecule has 0 radical (unpaired) electrons. The summed E-state index contributed by atoms with van der Waals surface area (Å²) < 4.78 is 1.19. The van der Waals surface area contributed by atoms with Crippen LogP contribution in [0.5, 0.6) is 0 Å². The van der Waals surface area contributed by atoms with E-state index in [2.05, 4.69) is 6.58 Å². The maximum atomic E-state index is 10.8. The highest BCUT2D eigenvalue weighted by Crippen LogP contribution is 2.16. The summed E-state index contributed by atoms with van der Waals surface area (Å²) in [6, 6.07) is 0. The smallest absolute Gasteiger partial charge is 0.263 e. The molecule has 0 aromatic heterocycles. The van der Waals surface area contributed by atoms with Gasteiger partial charge in [-0.2, -0.15) is 0 Å².